The third kappa shape index (κ3) is 2.51. The number of likely N-dealkylation sites (N-methyl/N-ethyl adjacent to an activating group) is 1. The van der Waals surface area contributed by atoms with Gasteiger partial charge in [0.2, 0.25) is 0 Å². The monoisotopic (exact) mass is 297 g/mol. The van der Waals surface area contributed by atoms with Crippen LogP contribution in [0.15, 0.2) is 48.5 Å². The van der Waals surface area contributed by atoms with Gasteiger partial charge in [0.05, 0.1) is 0 Å². The smallest absolute Gasteiger partial charge is 0.154 e. The van der Waals surface area contributed by atoms with Crippen LogP contribution in [0.5, 0.6) is 5.75 Å². The molecule has 0 saturated heterocycles. The van der Waals surface area contributed by atoms with Crippen LogP contribution in [0.25, 0.3) is 0 Å². The Hall–Kier alpha value is -1.84. The zero-order chi connectivity index (χ0) is 15.6. The molecular formula is C19H23NO2. The van der Waals surface area contributed by atoms with E-state index in [1.165, 1.54) is 11.1 Å². The van der Waals surface area contributed by atoms with Gasteiger partial charge in [0, 0.05) is 20.1 Å². The van der Waals surface area contributed by atoms with E-state index in [4.69, 9.17) is 9.47 Å². The van der Waals surface area contributed by atoms with Crippen molar-refractivity contribution in [3.05, 3.63) is 65.2 Å². The highest BCUT2D eigenvalue weighted by Gasteiger charge is 2.48. The molecule has 0 spiro atoms. The molecule has 0 fully saturated rings. The molecule has 2 atom stereocenters. The lowest BCUT2D eigenvalue weighted by Crippen LogP contribution is -2.47. The van der Waals surface area contributed by atoms with E-state index in [1.807, 2.05) is 25.2 Å². The summed E-state index contributed by atoms with van der Waals surface area (Å²) < 4.78 is 12.4. The molecule has 1 aliphatic rings. The number of hydrogen-bond acceptors (Lipinski definition) is 3. The number of hydrogen-bond donors (Lipinski definition) is 1. The lowest BCUT2D eigenvalue weighted by molar-refractivity contribution is -0.0799. The minimum absolute atomic E-state index is 0.109. The molecule has 0 aromatic heterocycles. The number of aryl methyl sites for hydroxylation is 1. The quantitative estimate of drug-likeness (QED) is 0.919. The first-order valence-electron chi connectivity index (χ1n) is 7.70. The molecule has 2 aromatic rings. The third-order valence-electron chi connectivity index (χ3n) is 4.53. The summed E-state index contributed by atoms with van der Waals surface area (Å²) in [5, 5.41) is 3.26. The largest absolute Gasteiger partial charge is 0.482 e. The van der Waals surface area contributed by atoms with Crippen LogP contribution in [0.4, 0.5) is 0 Å². The average Bonchev–Trinajstić information content (AvgIpc) is 2.84. The van der Waals surface area contributed by atoms with Gasteiger partial charge < -0.3 is 14.8 Å². The summed E-state index contributed by atoms with van der Waals surface area (Å²) in [6.45, 7) is 2.82. The van der Waals surface area contributed by atoms with Crippen molar-refractivity contribution in [3.8, 4) is 5.75 Å². The summed E-state index contributed by atoms with van der Waals surface area (Å²) >= 11 is 0. The first kappa shape index (κ1) is 15.1. The molecule has 3 nitrogen and oxygen atoms in total. The maximum absolute atomic E-state index is 6.43. The van der Waals surface area contributed by atoms with E-state index in [1.54, 1.807) is 7.11 Å². The fraction of sp³-hybridized carbons (Fsp3) is 0.368. The SMILES string of the molecule is CNC[C@@]1(OC)Cc2ccccc2[C@H]1Oc1ccccc1C. The minimum Gasteiger partial charge on any atom is -0.482 e. The highest BCUT2D eigenvalue weighted by atomic mass is 16.5. The zero-order valence-electron chi connectivity index (χ0n) is 13.4. The predicted molar refractivity (Wildman–Crippen MR) is 88.4 cm³/mol. The molecule has 22 heavy (non-hydrogen) atoms. The molecule has 3 heteroatoms. The highest BCUT2D eigenvalue weighted by molar-refractivity contribution is 5.41. The van der Waals surface area contributed by atoms with Gasteiger partial charge in [0.15, 0.2) is 6.10 Å². The van der Waals surface area contributed by atoms with Crippen LogP contribution in [0, 0.1) is 6.92 Å². The number of methoxy groups -OCH3 is 1. The van der Waals surface area contributed by atoms with Gasteiger partial charge in [0.1, 0.15) is 11.4 Å². The molecule has 0 heterocycles. The van der Waals surface area contributed by atoms with Gasteiger partial charge in [-0.1, -0.05) is 42.5 Å². The molecular weight excluding hydrogens is 274 g/mol. The van der Waals surface area contributed by atoms with Gasteiger partial charge in [-0.25, -0.2) is 0 Å². The molecule has 116 valence electrons. The normalized spacial score (nSPS) is 23.3. The van der Waals surface area contributed by atoms with E-state index >= 15 is 0 Å². The van der Waals surface area contributed by atoms with Crippen LogP contribution in [-0.2, 0) is 11.2 Å². The Morgan fingerprint density at radius 3 is 2.59 bits per heavy atom. The molecule has 2 aromatic carbocycles. The number of para-hydroxylation sites is 1. The van der Waals surface area contributed by atoms with E-state index in [0.717, 1.165) is 24.3 Å². The molecule has 0 unspecified atom stereocenters. The molecule has 1 aliphatic carbocycles. The number of benzene rings is 2. The van der Waals surface area contributed by atoms with Gasteiger partial charge in [-0.2, -0.15) is 0 Å². The number of nitrogens with one attached hydrogen (secondary N) is 1. The van der Waals surface area contributed by atoms with Crippen LogP contribution in [-0.4, -0.2) is 26.3 Å². The minimum atomic E-state index is -0.374. The lowest BCUT2D eigenvalue weighted by atomic mass is 9.96. The first-order valence-corrected chi connectivity index (χ1v) is 7.70. The van der Waals surface area contributed by atoms with Gasteiger partial charge >= 0.3 is 0 Å². The second kappa shape index (κ2) is 6.11. The Balaban J connectivity index is 2.01. The summed E-state index contributed by atoms with van der Waals surface area (Å²) in [5.41, 5.74) is 3.29. The molecule has 3 rings (SSSR count). The Kier molecular flexibility index (Phi) is 4.19. The van der Waals surface area contributed by atoms with Crippen molar-refractivity contribution in [2.45, 2.75) is 25.0 Å². The molecule has 0 radical (unpaired) electrons. The van der Waals surface area contributed by atoms with E-state index in [-0.39, 0.29) is 11.7 Å². The zero-order valence-corrected chi connectivity index (χ0v) is 13.4. The van der Waals surface area contributed by atoms with Crippen molar-refractivity contribution < 1.29 is 9.47 Å². The van der Waals surface area contributed by atoms with Crippen molar-refractivity contribution in [1.82, 2.24) is 5.32 Å². The van der Waals surface area contributed by atoms with Crippen LogP contribution in [0.1, 0.15) is 22.8 Å². The Bertz CT molecular complexity index is 655. The van der Waals surface area contributed by atoms with Gasteiger partial charge in [0.25, 0.3) is 0 Å². The summed E-state index contributed by atoms with van der Waals surface area (Å²) in [4.78, 5) is 0. The fourth-order valence-electron chi connectivity index (χ4n) is 3.34. The maximum atomic E-state index is 6.43. The van der Waals surface area contributed by atoms with Crippen LogP contribution < -0.4 is 10.1 Å². The van der Waals surface area contributed by atoms with E-state index in [0.29, 0.717) is 0 Å². The fourth-order valence-corrected chi connectivity index (χ4v) is 3.34. The van der Waals surface area contributed by atoms with Crippen molar-refractivity contribution in [3.63, 3.8) is 0 Å². The van der Waals surface area contributed by atoms with Crippen molar-refractivity contribution in [2.75, 3.05) is 20.7 Å². The molecule has 0 aliphatic heterocycles. The summed E-state index contributed by atoms with van der Waals surface area (Å²) in [5.74, 6) is 0.918. The van der Waals surface area contributed by atoms with Crippen molar-refractivity contribution in [1.29, 1.82) is 0 Å². The van der Waals surface area contributed by atoms with Crippen molar-refractivity contribution >= 4 is 0 Å². The highest BCUT2D eigenvalue weighted by Crippen LogP contribution is 2.44. The van der Waals surface area contributed by atoms with E-state index in [9.17, 15) is 0 Å². The number of ether oxygens (including phenoxy) is 2. The molecule has 1 N–H and O–H groups in total. The topological polar surface area (TPSA) is 30.5 Å². The van der Waals surface area contributed by atoms with Crippen molar-refractivity contribution in [2.24, 2.45) is 0 Å². The second-order valence-corrected chi connectivity index (χ2v) is 5.94. The van der Waals surface area contributed by atoms with Gasteiger partial charge in [-0.3, -0.25) is 0 Å². The van der Waals surface area contributed by atoms with Crippen LogP contribution >= 0.6 is 0 Å². The summed E-state index contributed by atoms with van der Waals surface area (Å²) in [6.07, 6.45) is 0.749. The van der Waals surface area contributed by atoms with E-state index < -0.39 is 0 Å². The predicted octanol–water partition coefficient (Wildman–Crippen LogP) is 3.28. The number of fused-ring (bicyclic) bond motifs is 1. The Labute approximate surface area is 132 Å². The lowest BCUT2D eigenvalue weighted by Gasteiger charge is -2.34. The second-order valence-electron chi connectivity index (χ2n) is 5.94. The molecule has 0 bridgehead atoms. The Morgan fingerprint density at radius 1 is 1.14 bits per heavy atom. The van der Waals surface area contributed by atoms with Crippen LogP contribution in [0.3, 0.4) is 0 Å². The first-order chi connectivity index (χ1) is 10.7. The van der Waals surface area contributed by atoms with Crippen LogP contribution in [0.2, 0.25) is 0 Å². The standard InChI is InChI=1S/C19H23NO2/c1-14-8-4-7-11-17(14)22-18-16-10-6-5-9-15(16)12-19(18,21-3)13-20-2/h4-11,18,20H,12-13H2,1-3H3/t18-,19+/m1/s1. The summed E-state index contributed by atoms with van der Waals surface area (Å²) in [7, 11) is 3.73. The van der Waals surface area contributed by atoms with E-state index in [2.05, 4.69) is 42.6 Å². The number of rotatable bonds is 5. The summed E-state index contributed by atoms with van der Waals surface area (Å²) in [6, 6.07) is 16.6. The van der Waals surface area contributed by atoms with Gasteiger partial charge in [-0.15, -0.1) is 0 Å². The Morgan fingerprint density at radius 2 is 1.86 bits per heavy atom. The maximum Gasteiger partial charge on any atom is 0.154 e. The molecule has 0 saturated carbocycles. The third-order valence-corrected chi connectivity index (χ3v) is 4.53. The molecule has 0 amide bonds. The average molecular weight is 297 g/mol. The van der Waals surface area contributed by atoms with Gasteiger partial charge in [-0.05, 0) is 36.7 Å².